The molecule has 0 aliphatic carbocycles. The highest BCUT2D eigenvalue weighted by atomic mass is 32.2. The van der Waals surface area contributed by atoms with Gasteiger partial charge in [-0.1, -0.05) is 50.7 Å². The van der Waals surface area contributed by atoms with Crippen LogP contribution in [0.25, 0.3) is 11.4 Å². The molecule has 7 heteroatoms. The molecule has 4 nitrogen and oxygen atoms in total. The molecule has 0 atom stereocenters. The van der Waals surface area contributed by atoms with Gasteiger partial charge >= 0.3 is 0 Å². The van der Waals surface area contributed by atoms with Gasteiger partial charge in [-0.05, 0) is 12.1 Å². The second kappa shape index (κ2) is 7.72. The van der Waals surface area contributed by atoms with Crippen LogP contribution in [0, 0.1) is 5.82 Å². The number of allylic oxidation sites excluding steroid dienone is 1. The highest BCUT2D eigenvalue weighted by Gasteiger charge is 2.19. The standard InChI is InChI=1S/C19H21FN4S2/c1-5-10-24-16(14-8-6-7-9-15(14)20)22-23-18(24)26-12-13-11-25-17(21-13)19(2,3)4/h5-9,11H,1,10,12H2,2-4H3. The summed E-state index contributed by atoms with van der Waals surface area (Å²) in [6.45, 7) is 10.8. The highest BCUT2D eigenvalue weighted by Crippen LogP contribution is 2.30. The van der Waals surface area contributed by atoms with E-state index in [4.69, 9.17) is 4.98 Å². The molecule has 3 rings (SSSR count). The first-order valence-electron chi connectivity index (χ1n) is 8.27. The second-order valence-electron chi connectivity index (χ2n) is 6.87. The van der Waals surface area contributed by atoms with E-state index in [1.165, 1.54) is 6.07 Å². The number of thiazole rings is 1. The van der Waals surface area contributed by atoms with Gasteiger partial charge in [0.25, 0.3) is 0 Å². The molecule has 3 aromatic rings. The fourth-order valence-electron chi connectivity index (χ4n) is 2.39. The lowest BCUT2D eigenvalue weighted by Gasteiger charge is -2.13. The SMILES string of the molecule is C=CCn1c(SCc2csc(C(C)(C)C)n2)nnc1-c1ccccc1F. The normalized spacial score (nSPS) is 11.7. The van der Waals surface area contributed by atoms with Gasteiger partial charge in [0.1, 0.15) is 5.82 Å². The third-order valence-electron chi connectivity index (χ3n) is 3.69. The molecule has 1 aromatic carbocycles. The zero-order chi connectivity index (χ0) is 18.7. The lowest BCUT2D eigenvalue weighted by atomic mass is 9.98. The van der Waals surface area contributed by atoms with Crippen molar-refractivity contribution >= 4 is 23.1 Å². The van der Waals surface area contributed by atoms with E-state index in [9.17, 15) is 4.39 Å². The predicted octanol–water partition coefficient (Wildman–Crippen LogP) is 5.32. The van der Waals surface area contributed by atoms with E-state index >= 15 is 0 Å². The molecule has 0 amide bonds. The van der Waals surface area contributed by atoms with Crippen LogP contribution in [0.3, 0.4) is 0 Å². The maximum Gasteiger partial charge on any atom is 0.192 e. The fourth-order valence-corrected chi connectivity index (χ4v) is 4.24. The first-order valence-corrected chi connectivity index (χ1v) is 10.1. The van der Waals surface area contributed by atoms with Crippen LogP contribution in [0.15, 0.2) is 47.5 Å². The van der Waals surface area contributed by atoms with Gasteiger partial charge in [0.2, 0.25) is 0 Å². The molecule has 0 aliphatic heterocycles. The van der Waals surface area contributed by atoms with Gasteiger partial charge in [-0.2, -0.15) is 0 Å². The summed E-state index contributed by atoms with van der Waals surface area (Å²) in [5.74, 6) is 0.898. The summed E-state index contributed by atoms with van der Waals surface area (Å²) in [4.78, 5) is 4.71. The van der Waals surface area contributed by atoms with Crippen molar-refractivity contribution in [3.63, 3.8) is 0 Å². The molecule has 0 bridgehead atoms. The van der Waals surface area contributed by atoms with Crippen molar-refractivity contribution in [1.82, 2.24) is 19.7 Å². The van der Waals surface area contributed by atoms with Crippen molar-refractivity contribution in [2.45, 2.75) is 43.6 Å². The number of hydrogen-bond acceptors (Lipinski definition) is 5. The molecule has 0 saturated heterocycles. The van der Waals surface area contributed by atoms with Crippen molar-refractivity contribution in [2.75, 3.05) is 0 Å². The molecule has 136 valence electrons. The first kappa shape index (κ1) is 18.8. The maximum absolute atomic E-state index is 14.1. The average Bonchev–Trinajstić information content (AvgIpc) is 3.21. The Kier molecular flexibility index (Phi) is 5.58. The Hall–Kier alpha value is -1.99. The number of hydrogen-bond donors (Lipinski definition) is 0. The lowest BCUT2D eigenvalue weighted by Crippen LogP contribution is -2.10. The third-order valence-corrected chi connectivity index (χ3v) is 6.00. The van der Waals surface area contributed by atoms with Gasteiger partial charge in [-0.15, -0.1) is 28.1 Å². The van der Waals surface area contributed by atoms with Crippen molar-refractivity contribution in [3.8, 4) is 11.4 Å². The number of thioether (sulfide) groups is 1. The smallest absolute Gasteiger partial charge is 0.192 e. The highest BCUT2D eigenvalue weighted by molar-refractivity contribution is 7.98. The Morgan fingerprint density at radius 3 is 2.69 bits per heavy atom. The van der Waals surface area contributed by atoms with Crippen LogP contribution < -0.4 is 0 Å². The molecule has 0 aliphatic rings. The second-order valence-corrected chi connectivity index (χ2v) is 8.67. The van der Waals surface area contributed by atoms with E-state index in [-0.39, 0.29) is 11.2 Å². The molecule has 0 unspecified atom stereocenters. The molecule has 0 radical (unpaired) electrons. The predicted molar refractivity (Wildman–Crippen MR) is 106 cm³/mol. The minimum Gasteiger partial charge on any atom is -0.298 e. The van der Waals surface area contributed by atoms with Crippen LogP contribution in [-0.2, 0) is 17.7 Å². The Balaban J connectivity index is 1.83. The largest absolute Gasteiger partial charge is 0.298 e. The van der Waals surface area contributed by atoms with Crippen molar-refractivity contribution in [2.24, 2.45) is 0 Å². The summed E-state index contributed by atoms with van der Waals surface area (Å²) in [6.07, 6.45) is 1.76. The number of benzene rings is 1. The zero-order valence-corrected chi connectivity index (χ0v) is 16.7. The first-order chi connectivity index (χ1) is 12.4. The molecule has 0 saturated carbocycles. The third kappa shape index (κ3) is 4.04. The monoisotopic (exact) mass is 388 g/mol. The molecule has 0 N–H and O–H groups in total. The van der Waals surface area contributed by atoms with Crippen LogP contribution in [-0.4, -0.2) is 19.7 Å². The maximum atomic E-state index is 14.1. The average molecular weight is 389 g/mol. The molecule has 26 heavy (non-hydrogen) atoms. The van der Waals surface area contributed by atoms with Crippen molar-refractivity contribution in [1.29, 1.82) is 0 Å². The molecular formula is C19H21FN4S2. The summed E-state index contributed by atoms with van der Waals surface area (Å²) in [5.41, 5.74) is 1.51. The van der Waals surface area contributed by atoms with E-state index in [2.05, 4.69) is 42.9 Å². The van der Waals surface area contributed by atoms with E-state index in [1.54, 1.807) is 47.4 Å². The van der Waals surface area contributed by atoms with Gasteiger partial charge < -0.3 is 0 Å². The zero-order valence-electron chi connectivity index (χ0n) is 15.1. The summed E-state index contributed by atoms with van der Waals surface area (Å²) < 4.78 is 16.0. The van der Waals surface area contributed by atoms with Crippen LogP contribution in [0.5, 0.6) is 0 Å². The summed E-state index contributed by atoms with van der Waals surface area (Å²) >= 11 is 3.23. The Labute approximate surface area is 161 Å². The topological polar surface area (TPSA) is 43.6 Å². The summed E-state index contributed by atoms with van der Waals surface area (Å²) in [7, 11) is 0. The van der Waals surface area contributed by atoms with E-state index in [1.807, 2.05) is 4.57 Å². The number of aromatic nitrogens is 4. The molecule has 0 fully saturated rings. The summed E-state index contributed by atoms with van der Waals surface area (Å²) in [5, 5.41) is 12.4. The van der Waals surface area contributed by atoms with E-state index in [0.717, 1.165) is 15.9 Å². The molecular weight excluding hydrogens is 367 g/mol. The fraction of sp³-hybridized carbons (Fsp3) is 0.316. The number of rotatable bonds is 6. The minimum absolute atomic E-state index is 0.0501. The Morgan fingerprint density at radius 2 is 2.04 bits per heavy atom. The van der Waals surface area contributed by atoms with Crippen molar-refractivity contribution in [3.05, 3.63) is 58.8 Å². The van der Waals surface area contributed by atoms with Gasteiger partial charge in [0, 0.05) is 23.1 Å². The minimum atomic E-state index is -0.309. The van der Waals surface area contributed by atoms with Crippen LogP contribution in [0.1, 0.15) is 31.5 Å². The van der Waals surface area contributed by atoms with Crippen LogP contribution >= 0.6 is 23.1 Å². The number of halogens is 1. The number of nitrogens with zero attached hydrogens (tertiary/aromatic N) is 4. The quantitative estimate of drug-likeness (QED) is 0.424. The summed E-state index contributed by atoms with van der Waals surface area (Å²) in [6, 6.07) is 6.60. The Bertz CT molecular complexity index is 908. The van der Waals surface area contributed by atoms with Gasteiger partial charge in [-0.25, -0.2) is 9.37 Å². The van der Waals surface area contributed by atoms with Gasteiger partial charge in [0.05, 0.1) is 16.3 Å². The van der Waals surface area contributed by atoms with Crippen LogP contribution in [0.4, 0.5) is 4.39 Å². The van der Waals surface area contributed by atoms with Crippen LogP contribution in [0.2, 0.25) is 0 Å². The van der Waals surface area contributed by atoms with Gasteiger partial charge in [0.15, 0.2) is 11.0 Å². The van der Waals surface area contributed by atoms with Gasteiger partial charge in [-0.3, -0.25) is 4.57 Å². The van der Waals surface area contributed by atoms with E-state index < -0.39 is 0 Å². The van der Waals surface area contributed by atoms with E-state index in [0.29, 0.717) is 23.7 Å². The molecule has 2 heterocycles. The van der Waals surface area contributed by atoms with Crippen molar-refractivity contribution < 1.29 is 4.39 Å². The Morgan fingerprint density at radius 1 is 1.27 bits per heavy atom. The molecule has 2 aromatic heterocycles. The lowest BCUT2D eigenvalue weighted by molar-refractivity contribution is 0.584. The molecule has 0 spiro atoms.